The number of aliphatic carboxylic acids is 1. The van der Waals surface area contributed by atoms with Crippen molar-refractivity contribution in [2.75, 3.05) is 13.2 Å². The van der Waals surface area contributed by atoms with Gasteiger partial charge < -0.3 is 39.0 Å². The molecule has 1 aliphatic heterocycles. The lowest BCUT2D eigenvalue weighted by molar-refractivity contribution is -0.301. The van der Waals surface area contributed by atoms with Crippen LogP contribution in [0.3, 0.4) is 0 Å². The highest BCUT2D eigenvalue weighted by Gasteiger charge is 2.50. The first kappa shape index (κ1) is 68.9. The molecular weight excluding hydrogens is 949 g/mol. The zero-order valence-corrected chi connectivity index (χ0v) is 47.0. The van der Waals surface area contributed by atoms with Gasteiger partial charge in [-0.3, -0.25) is 14.4 Å². The molecule has 0 aromatic carbocycles. The molecule has 1 rings (SSSR count). The molecule has 428 valence electrons. The van der Waals surface area contributed by atoms with Crippen molar-refractivity contribution >= 4 is 23.9 Å². The Morgan fingerprint density at radius 3 is 1.35 bits per heavy atom. The van der Waals surface area contributed by atoms with Gasteiger partial charge in [0.15, 0.2) is 24.6 Å². The van der Waals surface area contributed by atoms with E-state index < -0.39 is 67.3 Å². The van der Waals surface area contributed by atoms with Crippen LogP contribution in [0.4, 0.5) is 0 Å². The van der Waals surface area contributed by atoms with Crippen LogP contribution in [0.5, 0.6) is 0 Å². The summed E-state index contributed by atoms with van der Waals surface area (Å²) in [6.45, 7) is 5.79. The van der Waals surface area contributed by atoms with E-state index in [2.05, 4.69) is 93.7 Å². The first-order valence-corrected chi connectivity index (χ1v) is 29.6. The van der Waals surface area contributed by atoms with Crippen LogP contribution in [0.15, 0.2) is 85.1 Å². The Morgan fingerprint density at radius 1 is 0.453 bits per heavy atom. The van der Waals surface area contributed by atoms with Crippen molar-refractivity contribution in [1.29, 1.82) is 0 Å². The van der Waals surface area contributed by atoms with Crippen LogP contribution in [0.2, 0.25) is 0 Å². The van der Waals surface area contributed by atoms with Gasteiger partial charge in [0.2, 0.25) is 0 Å². The van der Waals surface area contributed by atoms with Crippen LogP contribution in [0, 0.1) is 0 Å². The summed E-state index contributed by atoms with van der Waals surface area (Å²) in [5.74, 6) is -3.24. The number of carboxylic acids is 1. The third kappa shape index (κ3) is 40.8. The van der Waals surface area contributed by atoms with Crippen molar-refractivity contribution in [2.45, 2.75) is 276 Å². The number of hydrogen-bond acceptors (Lipinski definition) is 11. The van der Waals surface area contributed by atoms with Crippen LogP contribution >= 0.6 is 0 Å². The Balaban J connectivity index is 2.74. The highest BCUT2D eigenvalue weighted by molar-refractivity contribution is 5.74. The number of hydrogen-bond donors (Lipinski definition) is 3. The largest absolute Gasteiger partial charge is 0.479 e. The van der Waals surface area contributed by atoms with E-state index in [1.54, 1.807) is 0 Å². The number of unbranched alkanes of at least 4 members (excludes halogenated alkanes) is 21. The summed E-state index contributed by atoms with van der Waals surface area (Å²) < 4.78 is 28.3. The molecule has 0 radical (unpaired) electrons. The standard InChI is InChI=1S/C63H104O12/c1-4-7-10-13-16-19-22-25-26-27-28-29-30-33-34-37-40-43-46-49-55(64)71-52-54(73-56(65)50-47-44-41-38-35-31-23-20-17-14-11-8-5-2)53-72-63-61(59(68)58(67)60(75-63)62(69)70)74-57(66)51-48-45-42-39-36-32-24-21-18-15-12-9-6-3/h7,10,16,19,21,24-26,28-29,33-34,40,43,54,58-61,63,67-68H,4-6,8-9,11-15,17-18,20,22-23,27,30-32,35-39,41-42,44-53H2,1-3H3,(H,69,70)/b10-7-,19-16-,24-21-,26-25-,29-28-,34-33-,43-40-. The molecule has 0 amide bonds. The van der Waals surface area contributed by atoms with E-state index in [0.717, 1.165) is 96.3 Å². The maximum Gasteiger partial charge on any atom is 0.335 e. The molecule has 1 fully saturated rings. The van der Waals surface area contributed by atoms with Crippen molar-refractivity contribution in [3.63, 3.8) is 0 Å². The van der Waals surface area contributed by atoms with E-state index in [9.17, 15) is 34.5 Å². The lowest BCUT2D eigenvalue weighted by Gasteiger charge is -2.40. The predicted octanol–water partition coefficient (Wildman–Crippen LogP) is 15.1. The minimum absolute atomic E-state index is 0.0417. The van der Waals surface area contributed by atoms with Crippen molar-refractivity contribution in [1.82, 2.24) is 0 Å². The SMILES string of the molecule is CC/C=C\C/C=C\C/C=C\C/C=C\C/C=C\C/C=C\CCC(=O)OCC(COC1OC(C(=O)O)C(O)C(O)C1OC(=O)CCCCCCC/C=C\CCCCCC)OC(=O)CCCCCCCCCCCCCCC. The molecule has 0 aromatic rings. The molecule has 1 aliphatic rings. The van der Waals surface area contributed by atoms with Gasteiger partial charge in [0, 0.05) is 19.3 Å². The Morgan fingerprint density at radius 2 is 0.867 bits per heavy atom. The van der Waals surface area contributed by atoms with E-state index in [4.69, 9.17) is 23.7 Å². The molecule has 6 atom stereocenters. The van der Waals surface area contributed by atoms with Gasteiger partial charge in [0.1, 0.15) is 18.8 Å². The molecule has 12 heteroatoms. The zero-order valence-electron chi connectivity index (χ0n) is 47.0. The summed E-state index contributed by atoms with van der Waals surface area (Å²) in [7, 11) is 0. The van der Waals surface area contributed by atoms with Crippen LogP contribution < -0.4 is 0 Å². The van der Waals surface area contributed by atoms with Gasteiger partial charge in [-0.05, 0) is 83.5 Å². The van der Waals surface area contributed by atoms with E-state index in [1.165, 1.54) is 83.5 Å². The summed E-state index contributed by atoms with van der Waals surface area (Å²) in [6.07, 6.45) is 52.8. The van der Waals surface area contributed by atoms with Gasteiger partial charge in [0.25, 0.3) is 0 Å². The minimum Gasteiger partial charge on any atom is -0.479 e. The van der Waals surface area contributed by atoms with Crippen LogP contribution in [-0.4, -0.2) is 89.2 Å². The van der Waals surface area contributed by atoms with Gasteiger partial charge in [-0.15, -0.1) is 0 Å². The number of carbonyl (C=O) groups excluding carboxylic acids is 3. The molecular formula is C63H104O12. The molecule has 75 heavy (non-hydrogen) atoms. The highest BCUT2D eigenvalue weighted by atomic mass is 16.7. The second kappa shape index (κ2) is 50.7. The molecule has 6 unspecified atom stereocenters. The van der Waals surface area contributed by atoms with Crippen LogP contribution in [0.25, 0.3) is 0 Å². The normalized spacial score (nSPS) is 18.8. The smallest absolute Gasteiger partial charge is 0.335 e. The Kier molecular flexibility index (Phi) is 46.6. The van der Waals surface area contributed by atoms with Gasteiger partial charge >= 0.3 is 23.9 Å². The lowest BCUT2D eigenvalue weighted by atomic mass is 9.98. The summed E-state index contributed by atoms with van der Waals surface area (Å²) >= 11 is 0. The summed E-state index contributed by atoms with van der Waals surface area (Å²) in [6, 6.07) is 0. The average molecular weight is 1050 g/mol. The first-order valence-electron chi connectivity index (χ1n) is 29.6. The van der Waals surface area contributed by atoms with Gasteiger partial charge in [-0.1, -0.05) is 221 Å². The van der Waals surface area contributed by atoms with Crippen molar-refractivity contribution in [3.05, 3.63) is 85.1 Å². The number of aliphatic hydroxyl groups is 2. The summed E-state index contributed by atoms with van der Waals surface area (Å²) in [5.41, 5.74) is 0. The van der Waals surface area contributed by atoms with E-state index in [-0.39, 0.29) is 25.9 Å². The fourth-order valence-electron chi connectivity index (χ4n) is 8.45. The number of esters is 3. The monoisotopic (exact) mass is 1050 g/mol. The molecule has 0 aliphatic carbocycles. The minimum atomic E-state index is -1.92. The quantitative estimate of drug-likeness (QED) is 0.0228. The van der Waals surface area contributed by atoms with Gasteiger partial charge in [0.05, 0.1) is 6.61 Å². The molecule has 0 spiro atoms. The zero-order chi connectivity index (χ0) is 54.7. The molecule has 0 aromatic heterocycles. The first-order chi connectivity index (χ1) is 36.6. The predicted molar refractivity (Wildman–Crippen MR) is 303 cm³/mol. The van der Waals surface area contributed by atoms with Gasteiger partial charge in [-0.25, -0.2) is 4.79 Å². The highest BCUT2D eigenvalue weighted by Crippen LogP contribution is 2.26. The van der Waals surface area contributed by atoms with Crippen LogP contribution in [0.1, 0.15) is 239 Å². The third-order valence-electron chi connectivity index (χ3n) is 13.0. The fraction of sp³-hybridized carbons (Fsp3) is 0.714. The van der Waals surface area contributed by atoms with Crippen molar-refractivity contribution in [3.8, 4) is 0 Å². The second-order valence-corrected chi connectivity index (χ2v) is 19.9. The summed E-state index contributed by atoms with van der Waals surface area (Å²) in [5, 5.41) is 31.4. The molecule has 1 saturated heterocycles. The number of ether oxygens (including phenoxy) is 5. The maximum absolute atomic E-state index is 13.1. The van der Waals surface area contributed by atoms with Crippen LogP contribution in [-0.2, 0) is 42.9 Å². The Hall–Kier alpha value is -4.10. The lowest BCUT2D eigenvalue weighted by Crippen LogP contribution is -2.61. The Labute approximate surface area is 454 Å². The van der Waals surface area contributed by atoms with E-state index in [0.29, 0.717) is 19.3 Å². The van der Waals surface area contributed by atoms with Crippen molar-refractivity contribution in [2.24, 2.45) is 0 Å². The molecule has 12 nitrogen and oxygen atoms in total. The number of carbonyl (C=O) groups is 4. The number of rotatable bonds is 49. The number of carboxylic acid groups (broad SMARTS) is 1. The van der Waals surface area contributed by atoms with Gasteiger partial charge in [-0.2, -0.15) is 0 Å². The van der Waals surface area contributed by atoms with Crippen molar-refractivity contribution < 1.29 is 58.2 Å². The average Bonchev–Trinajstić information content (AvgIpc) is 3.39. The van der Waals surface area contributed by atoms with E-state index >= 15 is 0 Å². The molecule has 0 bridgehead atoms. The Bertz CT molecular complexity index is 1630. The molecule has 0 saturated carbocycles. The second-order valence-electron chi connectivity index (χ2n) is 19.9. The molecule has 1 heterocycles. The topological polar surface area (TPSA) is 175 Å². The molecule has 3 N–H and O–H groups in total. The summed E-state index contributed by atoms with van der Waals surface area (Å²) in [4.78, 5) is 51.0. The number of aliphatic hydroxyl groups excluding tert-OH is 2. The fourth-order valence-corrected chi connectivity index (χ4v) is 8.45. The third-order valence-corrected chi connectivity index (χ3v) is 13.0. The maximum atomic E-state index is 13.1. The number of allylic oxidation sites excluding steroid dienone is 14. The van der Waals surface area contributed by atoms with E-state index in [1.807, 2.05) is 12.2 Å².